The van der Waals surface area contributed by atoms with Crippen molar-refractivity contribution in [2.75, 3.05) is 19.6 Å². The minimum atomic E-state index is -0.149. The van der Waals surface area contributed by atoms with Crippen LogP contribution in [0.2, 0.25) is 0 Å². The lowest BCUT2D eigenvalue weighted by Crippen LogP contribution is -2.45. The van der Waals surface area contributed by atoms with E-state index in [-0.39, 0.29) is 11.9 Å². The summed E-state index contributed by atoms with van der Waals surface area (Å²) in [5.41, 5.74) is 0. The van der Waals surface area contributed by atoms with E-state index in [4.69, 9.17) is 4.42 Å². The van der Waals surface area contributed by atoms with Crippen molar-refractivity contribution < 1.29 is 9.21 Å². The molecule has 2 aromatic heterocycles. The van der Waals surface area contributed by atoms with E-state index in [1.165, 1.54) is 12.8 Å². The van der Waals surface area contributed by atoms with Crippen molar-refractivity contribution in [1.29, 1.82) is 0 Å². The molecule has 1 fully saturated rings. The smallest absolute Gasteiger partial charge is 0.287 e. The molecular formula is C18H26N4O2. The standard InChI is InChI=1S/C18H26N4O2/c1-14-4-3-8-21(10-14)11-15(2)20-18(23)17-6-5-16(24-17)12-22-9-7-19-13-22/h5-7,9,13-15H,3-4,8,10-12H2,1-2H3,(H,20,23)/t14-,15-/m0/s1. The van der Waals surface area contributed by atoms with Crippen LogP contribution in [0.5, 0.6) is 0 Å². The van der Waals surface area contributed by atoms with Crippen molar-refractivity contribution in [3.05, 3.63) is 42.4 Å². The van der Waals surface area contributed by atoms with E-state index in [2.05, 4.69) is 22.1 Å². The van der Waals surface area contributed by atoms with Gasteiger partial charge in [-0.15, -0.1) is 0 Å². The predicted molar refractivity (Wildman–Crippen MR) is 91.8 cm³/mol. The fourth-order valence-corrected chi connectivity index (χ4v) is 3.33. The molecular weight excluding hydrogens is 304 g/mol. The first-order valence-corrected chi connectivity index (χ1v) is 8.68. The van der Waals surface area contributed by atoms with Crippen LogP contribution in [0.4, 0.5) is 0 Å². The maximum absolute atomic E-state index is 12.3. The summed E-state index contributed by atoms with van der Waals surface area (Å²) in [5.74, 6) is 1.71. The number of likely N-dealkylation sites (tertiary alicyclic amines) is 1. The van der Waals surface area contributed by atoms with E-state index in [0.717, 1.165) is 31.3 Å². The number of furan rings is 1. The first-order valence-electron chi connectivity index (χ1n) is 8.68. The fourth-order valence-electron chi connectivity index (χ4n) is 3.33. The van der Waals surface area contributed by atoms with E-state index in [1.54, 1.807) is 18.6 Å². The molecule has 6 heteroatoms. The Morgan fingerprint density at radius 3 is 3.12 bits per heavy atom. The Balaban J connectivity index is 1.50. The summed E-state index contributed by atoms with van der Waals surface area (Å²) in [4.78, 5) is 18.8. The number of hydrogen-bond donors (Lipinski definition) is 1. The molecule has 3 heterocycles. The molecule has 1 amide bonds. The van der Waals surface area contributed by atoms with Gasteiger partial charge in [-0.2, -0.15) is 0 Å². The van der Waals surface area contributed by atoms with Gasteiger partial charge in [0.15, 0.2) is 5.76 Å². The molecule has 0 aromatic carbocycles. The van der Waals surface area contributed by atoms with Crippen molar-refractivity contribution in [2.45, 2.75) is 39.3 Å². The van der Waals surface area contributed by atoms with Crippen molar-refractivity contribution in [3.63, 3.8) is 0 Å². The summed E-state index contributed by atoms with van der Waals surface area (Å²) in [6.07, 6.45) is 7.87. The van der Waals surface area contributed by atoms with E-state index in [1.807, 2.05) is 23.8 Å². The summed E-state index contributed by atoms with van der Waals surface area (Å²) >= 11 is 0. The molecule has 0 spiro atoms. The van der Waals surface area contributed by atoms with Gasteiger partial charge in [0.1, 0.15) is 5.76 Å². The molecule has 2 atom stereocenters. The Bertz CT molecular complexity index is 650. The topological polar surface area (TPSA) is 63.3 Å². The van der Waals surface area contributed by atoms with Crippen LogP contribution in [-0.4, -0.2) is 46.0 Å². The highest BCUT2D eigenvalue weighted by Gasteiger charge is 2.20. The summed E-state index contributed by atoms with van der Waals surface area (Å²) in [6.45, 7) is 8.05. The van der Waals surface area contributed by atoms with Crippen LogP contribution in [0.1, 0.15) is 43.0 Å². The highest BCUT2D eigenvalue weighted by molar-refractivity contribution is 5.91. The molecule has 0 bridgehead atoms. The first-order chi connectivity index (χ1) is 11.6. The fraction of sp³-hybridized carbons (Fsp3) is 0.556. The summed E-state index contributed by atoms with van der Waals surface area (Å²) in [7, 11) is 0. The number of piperidine rings is 1. The predicted octanol–water partition coefficient (Wildman–Crippen LogP) is 2.37. The molecule has 24 heavy (non-hydrogen) atoms. The van der Waals surface area contributed by atoms with Crippen LogP contribution in [0, 0.1) is 5.92 Å². The van der Waals surface area contributed by atoms with E-state index in [0.29, 0.717) is 12.3 Å². The largest absolute Gasteiger partial charge is 0.454 e. The molecule has 0 unspecified atom stereocenters. The Labute approximate surface area is 142 Å². The van der Waals surface area contributed by atoms with Crippen LogP contribution in [-0.2, 0) is 6.54 Å². The third kappa shape index (κ3) is 4.47. The minimum Gasteiger partial charge on any atom is -0.454 e. The number of hydrogen-bond acceptors (Lipinski definition) is 4. The van der Waals surface area contributed by atoms with Gasteiger partial charge in [0.2, 0.25) is 0 Å². The Hall–Kier alpha value is -2.08. The van der Waals surface area contributed by atoms with Gasteiger partial charge in [-0.25, -0.2) is 4.98 Å². The number of nitrogens with zero attached hydrogens (tertiary/aromatic N) is 3. The monoisotopic (exact) mass is 330 g/mol. The normalized spacial score (nSPS) is 20.0. The van der Waals surface area contributed by atoms with Crippen LogP contribution >= 0.6 is 0 Å². The average molecular weight is 330 g/mol. The number of nitrogens with one attached hydrogen (secondary N) is 1. The third-order valence-corrected chi connectivity index (χ3v) is 4.43. The molecule has 6 nitrogen and oxygen atoms in total. The second-order valence-corrected chi connectivity index (χ2v) is 6.88. The quantitative estimate of drug-likeness (QED) is 0.883. The Kier molecular flexibility index (Phi) is 5.35. The lowest BCUT2D eigenvalue weighted by atomic mass is 10.00. The summed E-state index contributed by atoms with van der Waals surface area (Å²) in [6, 6.07) is 3.67. The number of carbonyl (C=O) groups excluding carboxylic acids is 1. The summed E-state index contributed by atoms with van der Waals surface area (Å²) < 4.78 is 7.56. The van der Waals surface area contributed by atoms with Gasteiger partial charge in [-0.3, -0.25) is 4.79 Å². The molecule has 1 aliphatic heterocycles. The molecule has 0 aliphatic carbocycles. The minimum absolute atomic E-state index is 0.102. The van der Waals surface area contributed by atoms with E-state index < -0.39 is 0 Å². The van der Waals surface area contributed by atoms with E-state index >= 15 is 0 Å². The van der Waals surface area contributed by atoms with Crippen LogP contribution in [0.3, 0.4) is 0 Å². The van der Waals surface area contributed by atoms with Gasteiger partial charge in [0, 0.05) is 31.5 Å². The zero-order valence-electron chi connectivity index (χ0n) is 14.4. The highest BCUT2D eigenvalue weighted by atomic mass is 16.4. The number of rotatable bonds is 6. The van der Waals surface area contributed by atoms with E-state index in [9.17, 15) is 4.79 Å². The van der Waals surface area contributed by atoms with Gasteiger partial charge < -0.3 is 19.2 Å². The van der Waals surface area contributed by atoms with Gasteiger partial charge in [0.05, 0.1) is 12.9 Å². The van der Waals surface area contributed by atoms with Crippen molar-refractivity contribution >= 4 is 5.91 Å². The highest BCUT2D eigenvalue weighted by Crippen LogP contribution is 2.15. The van der Waals surface area contributed by atoms with Crippen LogP contribution in [0.15, 0.2) is 35.3 Å². The van der Waals surface area contributed by atoms with Gasteiger partial charge in [-0.1, -0.05) is 6.92 Å². The lowest BCUT2D eigenvalue weighted by molar-refractivity contribution is 0.0890. The second-order valence-electron chi connectivity index (χ2n) is 6.88. The van der Waals surface area contributed by atoms with Crippen molar-refractivity contribution in [2.24, 2.45) is 5.92 Å². The molecule has 0 saturated carbocycles. The zero-order chi connectivity index (χ0) is 16.9. The Morgan fingerprint density at radius 2 is 2.38 bits per heavy atom. The summed E-state index contributed by atoms with van der Waals surface area (Å²) in [5, 5.41) is 3.04. The second kappa shape index (κ2) is 7.66. The van der Waals surface area contributed by atoms with Gasteiger partial charge in [0.25, 0.3) is 5.91 Å². The van der Waals surface area contributed by atoms with Crippen LogP contribution < -0.4 is 5.32 Å². The molecule has 0 radical (unpaired) electrons. The van der Waals surface area contributed by atoms with Gasteiger partial charge >= 0.3 is 0 Å². The molecule has 3 rings (SSSR count). The lowest BCUT2D eigenvalue weighted by Gasteiger charge is -2.32. The Morgan fingerprint density at radius 1 is 1.50 bits per heavy atom. The van der Waals surface area contributed by atoms with Crippen molar-refractivity contribution in [1.82, 2.24) is 19.8 Å². The number of carbonyl (C=O) groups is 1. The maximum Gasteiger partial charge on any atom is 0.287 e. The first kappa shape index (κ1) is 16.8. The van der Waals surface area contributed by atoms with Gasteiger partial charge in [-0.05, 0) is 44.4 Å². The molecule has 1 saturated heterocycles. The van der Waals surface area contributed by atoms with Crippen LogP contribution in [0.25, 0.3) is 0 Å². The number of aromatic nitrogens is 2. The average Bonchev–Trinajstić information content (AvgIpc) is 3.19. The number of amides is 1. The molecule has 1 N–H and O–H groups in total. The maximum atomic E-state index is 12.3. The number of imidazole rings is 1. The SMILES string of the molecule is C[C@H]1CCCN(C[C@H](C)NC(=O)c2ccc(Cn3ccnc3)o2)C1. The van der Waals surface area contributed by atoms with Crippen molar-refractivity contribution in [3.8, 4) is 0 Å². The molecule has 1 aliphatic rings. The molecule has 130 valence electrons. The molecule has 2 aromatic rings. The third-order valence-electron chi connectivity index (χ3n) is 4.43. The zero-order valence-corrected chi connectivity index (χ0v) is 14.4.